The number of halogens is 1. The second-order valence-corrected chi connectivity index (χ2v) is 8.22. The van der Waals surface area contributed by atoms with Gasteiger partial charge in [-0.3, -0.25) is 0 Å². The molecule has 32 heavy (non-hydrogen) atoms. The fraction of sp³-hybridized carbons (Fsp3) is 0.160. The van der Waals surface area contributed by atoms with Crippen LogP contribution in [0.2, 0.25) is 5.02 Å². The van der Waals surface area contributed by atoms with E-state index in [9.17, 15) is 0 Å². The summed E-state index contributed by atoms with van der Waals surface area (Å²) in [5, 5.41) is 5.01. The first-order chi connectivity index (χ1) is 15.8. The smallest absolute Gasteiger partial charge is 0.183 e. The molecule has 6 rings (SSSR count). The van der Waals surface area contributed by atoms with Crippen LogP contribution >= 0.6 is 11.6 Å². The van der Waals surface area contributed by atoms with Gasteiger partial charge < -0.3 is 9.30 Å². The zero-order valence-electron chi connectivity index (χ0n) is 17.3. The number of para-hydroxylation sites is 1. The number of imidazole rings is 1. The van der Waals surface area contributed by atoms with Gasteiger partial charge >= 0.3 is 0 Å². The lowest BCUT2D eigenvalue weighted by atomic mass is 9.95. The van der Waals surface area contributed by atoms with Crippen molar-refractivity contribution < 1.29 is 4.74 Å². The summed E-state index contributed by atoms with van der Waals surface area (Å²) in [6, 6.07) is 14.0. The average Bonchev–Trinajstić information content (AvgIpc) is 3.44. The second-order valence-electron chi connectivity index (χ2n) is 7.81. The minimum atomic E-state index is 0.581. The van der Waals surface area contributed by atoms with Gasteiger partial charge in [0.15, 0.2) is 5.82 Å². The summed E-state index contributed by atoms with van der Waals surface area (Å²) in [5.74, 6) is 2.37. The topological polar surface area (TPSA) is 57.8 Å². The number of allylic oxidation sites excluding steroid dienone is 4. The second kappa shape index (κ2) is 7.80. The lowest BCUT2D eigenvalue weighted by Gasteiger charge is -2.13. The molecule has 0 saturated carbocycles. The third-order valence-corrected chi connectivity index (χ3v) is 6.15. The van der Waals surface area contributed by atoms with Gasteiger partial charge in [-0.05, 0) is 48.2 Å². The summed E-state index contributed by atoms with van der Waals surface area (Å²) in [6.07, 6.45) is 12.2. The van der Waals surface area contributed by atoms with E-state index in [2.05, 4.69) is 51.1 Å². The zero-order valence-corrected chi connectivity index (χ0v) is 18.0. The van der Waals surface area contributed by atoms with E-state index < -0.39 is 0 Å². The SMILES string of the molecule is Clc1ccccc1-n1ncnc1-c1cn2c(n1)-c1cc(C3=CC=CCC3)ccc1OCC2. The van der Waals surface area contributed by atoms with E-state index in [1.807, 2.05) is 30.5 Å². The van der Waals surface area contributed by atoms with Gasteiger partial charge in [-0.15, -0.1) is 0 Å². The highest BCUT2D eigenvalue weighted by Crippen LogP contribution is 2.37. The molecule has 0 N–H and O–H groups in total. The number of ether oxygens (including phenoxy) is 1. The first-order valence-corrected chi connectivity index (χ1v) is 11.0. The maximum absolute atomic E-state index is 6.42. The summed E-state index contributed by atoms with van der Waals surface area (Å²) < 4.78 is 9.89. The lowest BCUT2D eigenvalue weighted by molar-refractivity contribution is 0.306. The Morgan fingerprint density at radius 2 is 2.00 bits per heavy atom. The molecule has 1 aliphatic carbocycles. The molecule has 0 atom stereocenters. The van der Waals surface area contributed by atoms with E-state index in [-0.39, 0.29) is 0 Å². The molecule has 3 heterocycles. The molecule has 158 valence electrons. The van der Waals surface area contributed by atoms with Crippen molar-refractivity contribution in [2.24, 2.45) is 0 Å². The first-order valence-electron chi connectivity index (χ1n) is 10.6. The van der Waals surface area contributed by atoms with Crippen LogP contribution in [0.25, 0.3) is 34.2 Å². The molecule has 7 heteroatoms. The maximum atomic E-state index is 6.42. The Hall–Kier alpha value is -3.64. The van der Waals surface area contributed by atoms with Gasteiger partial charge in [-0.25, -0.2) is 14.6 Å². The number of nitrogens with zero attached hydrogens (tertiary/aromatic N) is 5. The zero-order chi connectivity index (χ0) is 21.5. The van der Waals surface area contributed by atoms with Crippen LogP contribution in [0.5, 0.6) is 5.75 Å². The molecule has 0 fully saturated rings. The maximum Gasteiger partial charge on any atom is 0.183 e. The number of rotatable bonds is 3. The summed E-state index contributed by atoms with van der Waals surface area (Å²) in [4.78, 5) is 9.47. The fourth-order valence-electron chi connectivity index (χ4n) is 4.25. The molecule has 2 aromatic heterocycles. The van der Waals surface area contributed by atoms with Gasteiger partial charge in [0.25, 0.3) is 0 Å². The van der Waals surface area contributed by atoms with E-state index in [0.29, 0.717) is 24.0 Å². The van der Waals surface area contributed by atoms with Crippen molar-refractivity contribution in [3.8, 4) is 34.3 Å². The predicted molar refractivity (Wildman–Crippen MR) is 125 cm³/mol. The lowest BCUT2D eigenvalue weighted by Crippen LogP contribution is -2.04. The Balaban J connectivity index is 1.46. The van der Waals surface area contributed by atoms with Gasteiger partial charge in [0.1, 0.15) is 30.2 Å². The van der Waals surface area contributed by atoms with Crippen LogP contribution in [-0.2, 0) is 6.54 Å². The molecule has 0 unspecified atom stereocenters. The van der Waals surface area contributed by atoms with E-state index in [1.165, 1.54) is 17.5 Å². The molecular weight excluding hydrogens is 422 g/mol. The Labute approximate surface area is 190 Å². The van der Waals surface area contributed by atoms with Crippen molar-refractivity contribution in [3.63, 3.8) is 0 Å². The molecule has 0 spiro atoms. The Morgan fingerprint density at radius 1 is 1.06 bits per heavy atom. The van der Waals surface area contributed by atoms with Crippen LogP contribution in [0.3, 0.4) is 0 Å². The van der Waals surface area contributed by atoms with E-state index in [0.717, 1.165) is 41.4 Å². The normalized spacial score (nSPS) is 14.8. The highest BCUT2D eigenvalue weighted by molar-refractivity contribution is 6.32. The summed E-state index contributed by atoms with van der Waals surface area (Å²) >= 11 is 6.42. The Morgan fingerprint density at radius 3 is 2.88 bits per heavy atom. The fourth-order valence-corrected chi connectivity index (χ4v) is 4.47. The van der Waals surface area contributed by atoms with Crippen LogP contribution in [0.4, 0.5) is 0 Å². The monoisotopic (exact) mass is 441 g/mol. The van der Waals surface area contributed by atoms with E-state index >= 15 is 0 Å². The molecule has 6 nitrogen and oxygen atoms in total. The standard InChI is InChI=1S/C25H20ClN5O/c26-20-8-4-5-9-22(20)31-25(27-16-28-31)21-15-30-12-13-32-23-11-10-18(14-19(23)24(30)29-21)17-6-2-1-3-7-17/h1-2,4-6,8-11,14-16H,3,7,12-13H2. The third-order valence-electron chi connectivity index (χ3n) is 5.83. The van der Waals surface area contributed by atoms with Gasteiger partial charge in [0.05, 0.1) is 22.8 Å². The summed E-state index contributed by atoms with van der Waals surface area (Å²) in [7, 11) is 0. The number of benzene rings is 2. The number of aromatic nitrogens is 5. The molecule has 0 saturated heterocycles. The van der Waals surface area contributed by atoms with Crippen LogP contribution in [0.15, 0.2) is 73.2 Å². The van der Waals surface area contributed by atoms with Crippen molar-refractivity contribution in [1.82, 2.24) is 24.3 Å². The molecule has 4 aromatic rings. The summed E-state index contributed by atoms with van der Waals surface area (Å²) in [5.41, 5.74) is 5.04. The number of hydrogen-bond acceptors (Lipinski definition) is 4. The van der Waals surface area contributed by atoms with Gasteiger partial charge in [-0.2, -0.15) is 5.10 Å². The molecule has 0 amide bonds. The van der Waals surface area contributed by atoms with Crippen LogP contribution in [-0.4, -0.2) is 30.9 Å². The average molecular weight is 442 g/mol. The van der Waals surface area contributed by atoms with Crippen molar-refractivity contribution in [3.05, 3.63) is 83.8 Å². The van der Waals surface area contributed by atoms with Crippen molar-refractivity contribution in [2.45, 2.75) is 19.4 Å². The van der Waals surface area contributed by atoms with Gasteiger partial charge in [-0.1, -0.05) is 48.0 Å². The predicted octanol–water partition coefficient (Wildman–Crippen LogP) is 5.58. The summed E-state index contributed by atoms with van der Waals surface area (Å²) in [6.45, 7) is 1.29. The van der Waals surface area contributed by atoms with Crippen LogP contribution < -0.4 is 4.74 Å². The van der Waals surface area contributed by atoms with Crippen LogP contribution in [0.1, 0.15) is 18.4 Å². The Bertz CT molecular complexity index is 1380. The molecule has 2 aromatic carbocycles. The third kappa shape index (κ3) is 3.24. The van der Waals surface area contributed by atoms with E-state index in [4.69, 9.17) is 21.3 Å². The van der Waals surface area contributed by atoms with E-state index in [1.54, 1.807) is 4.68 Å². The quantitative estimate of drug-likeness (QED) is 0.416. The largest absolute Gasteiger partial charge is 0.491 e. The first kappa shape index (κ1) is 19.1. The number of hydrogen-bond donors (Lipinski definition) is 0. The van der Waals surface area contributed by atoms with Crippen molar-refractivity contribution in [2.75, 3.05) is 6.61 Å². The molecule has 0 bridgehead atoms. The Kier molecular flexibility index (Phi) is 4.65. The molecular formula is C25H20ClN5O. The van der Waals surface area contributed by atoms with Gasteiger partial charge in [0.2, 0.25) is 0 Å². The minimum Gasteiger partial charge on any atom is -0.491 e. The van der Waals surface area contributed by atoms with Crippen LogP contribution in [0, 0.1) is 0 Å². The van der Waals surface area contributed by atoms with Gasteiger partial charge in [0, 0.05) is 6.20 Å². The highest BCUT2D eigenvalue weighted by Gasteiger charge is 2.22. The number of fused-ring (bicyclic) bond motifs is 3. The van der Waals surface area contributed by atoms with Crippen molar-refractivity contribution >= 4 is 17.2 Å². The molecule has 2 aliphatic rings. The molecule has 1 aliphatic heterocycles. The van der Waals surface area contributed by atoms with Crippen molar-refractivity contribution in [1.29, 1.82) is 0 Å². The highest BCUT2D eigenvalue weighted by atomic mass is 35.5. The minimum absolute atomic E-state index is 0.581. The molecule has 0 radical (unpaired) electrons.